The third kappa shape index (κ3) is 37.9. The Morgan fingerprint density at radius 1 is 0.422 bits per heavy atom. The van der Waals surface area contributed by atoms with E-state index in [1.54, 1.807) is 6.92 Å². The van der Waals surface area contributed by atoms with Crippen LogP contribution in [0, 0.1) is 17.8 Å². The number of phosphoric ester groups is 1. The Balaban J connectivity index is 4.95. The molecule has 0 aliphatic carbocycles. The van der Waals surface area contributed by atoms with Crippen molar-refractivity contribution in [3.63, 3.8) is 0 Å². The van der Waals surface area contributed by atoms with E-state index in [2.05, 4.69) is 27.7 Å². The lowest BCUT2D eigenvalue weighted by atomic mass is 9.94. The van der Waals surface area contributed by atoms with Crippen LogP contribution in [0.15, 0.2) is 0 Å². The lowest BCUT2D eigenvalue weighted by Gasteiger charge is -2.26. The van der Waals surface area contributed by atoms with E-state index in [1.165, 1.54) is 117 Å². The largest absolute Gasteiger partial charge is 0.475 e. The maximum absolute atomic E-state index is 14.0. The lowest BCUT2D eigenvalue weighted by molar-refractivity contribution is -0.312. The van der Waals surface area contributed by atoms with Gasteiger partial charge in [-0.15, -0.1) is 0 Å². The topological polar surface area (TPSA) is 134 Å². The van der Waals surface area contributed by atoms with E-state index in [0.29, 0.717) is 26.1 Å². The van der Waals surface area contributed by atoms with Gasteiger partial charge in [0.1, 0.15) is 0 Å². The molecule has 64 heavy (non-hydrogen) atoms. The molecule has 0 rings (SSSR count). The van der Waals surface area contributed by atoms with E-state index in [1.807, 2.05) is 0 Å². The Bertz CT molecular complexity index is 993. The highest BCUT2D eigenvalue weighted by Gasteiger charge is 2.33. The van der Waals surface area contributed by atoms with Gasteiger partial charge in [-0.25, -0.2) is 24.1 Å². The first kappa shape index (κ1) is 62.9. The Labute approximate surface area is 393 Å². The number of unbranched alkanes of at least 4 members (excludes halogenated alkanes) is 22. The van der Waals surface area contributed by atoms with Crippen LogP contribution in [0.4, 0.5) is 0 Å². The Hall–Kier alpha value is -1.11. The number of hydrogen-bond donors (Lipinski definition) is 0. The first-order valence-corrected chi connectivity index (χ1v) is 27.9. The molecule has 0 bridgehead atoms. The van der Waals surface area contributed by atoms with Crippen molar-refractivity contribution in [1.82, 2.24) is 0 Å². The smallest absolute Gasteiger partial charge is 0.465 e. The molecule has 382 valence electrons. The number of rotatable bonds is 51. The average molecular weight is 937 g/mol. The highest BCUT2D eigenvalue weighted by atomic mass is 31.2. The molecule has 3 unspecified atom stereocenters. The summed E-state index contributed by atoms with van der Waals surface area (Å²) in [5.74, 6) is -0.457. The van der Waals surface area contributed by atoms with E-state index in [0.717, 1.165) is 89.9 Å². The summed E-state index contributed by atoms with van der Waals surface area (Å²) in [6.07, 6.45) is 33.2. The Morgan fingerprint density at radius 2 is 0.719 bits per heavy atom. The lowest BCUT2D eigenvalue weighted by Crippen LogP contribution is -2.29. The molecular formula is C51H101O12P. The van der Waals surface area contributed by atoms with Gasteiger partial charge in [-0.3, -0.25) is 23.2 Å². The van der Waals surface area contributed by atoms with Crippen molar-refractivity contribution < 1.29 is 56.7 Å². The SMILES string of the molecule is CCCCCCCCC(CCCCCC)C(=O)OCCCCCCOP(=O)(OCCCCCCOC(=O)C(CCCCCC)CCCCCCCC)OC(C)C(COOC)COOC. The molecule has 0 aromatic rings. The van der Waals surface area contributed by atoms with Gasteiger partial charge in [0.05, 0.1) is 71.8 Å². The van der Waals surface area contributed by atoms with Crippen molar-refractivity contribution in [2.24, 2.45) is 17.8 Å². The van der Waals surface area contributed by atoms with Gasteiger partial charge in [-0.1, -0.05) is 169 Å². The second kappa shape index (κ2) is 47.0. The van der Waals surface area contributed by atoms with E-state index >= 15 is 0 Å². The summed E-state index contributed by atoms with van der Waals surface area (Å²) in [7, 11) is -1.13. The fourth-order valence-electron chi connectivity index (χ4n) is 7.80. The van der Waals surface area contributed by atoms with Crippen LogP contribution in [-0.2, 0) is 56.7 Å². The fraction of sp³-hybridized carbons (Fsp3) is 0.961. The summed E-state index contributed by atoms with van der Waals surface area (Å²) in [6.45, 7) is 12.1. The standard InChI is InChI=1S/C51H101O12P/c1-8-12-16-20-22-30-38-47(36-28-18-14-10-3)50(52)57-40-32-24-26-34-42-61-64(54,63-46(5)49(44-59-55-6)45-60-56-7)62-43-35-27-25-33-41-58-51(53)48(37-29-19-15-11-4)39-31-23-21-17-13-9-2/h46-49H,8-45H2,1-7H3. The molecule has 3 atom stereocenters. The predicted octanol–water partition coefficient (Wildman–Crippen LogP) is 15.2. The van der Waals surface area contributed by atoms with Crippen LogP contribution in [0.2, 0.25) is 0 Å². The summed E-state index contributed by atoms with van der Waals surface area (Å²) in [6, 6.07) is 0. The molecule has 0 fully saturated rings. The first-order chi connectivity index (χ1) is 31.2. The van der Waals surface area contributed by atoms with Crippen LogP contribution < -0.4 is 0 Å². The summed E-state index contributed by atoms with van der Waals surface area (Å²) in [5, 5.41) is 0. The molecule has 12 nitrogen and oxygen atoms in total. The van der Waals surface area contributed by atoms with Gasteiger partial charge in [-0.05, 0) is 71.1 Å². The number of phosphoric acid groups is 1. The predicted molar refractivity (Wildman–Crippen MR) is 259 cm³/mol. The Morgan fingerprint density at radius 3 is 1.06 bits per heavy atom. The van der Waals surface area contributed by atoms with E-state index in [9.17, 15) is 14.2 Å². The monoisotopic (exact) mass is 937 g/mol. The second-order valence-corrected chi connectivity index (χ2v) is 19.6. The van der Waals surface area contributed by atoms with Crippen LogP contribution in [0.1, 0.15) is 240 Å². The minimum absolute atomic E-state index is 0.00147. The molecule has 0 N–H and O–H groups in total. The second-order valence-electron chi connectivity index (χ2n) is 18.0. The molecule has 0 spiro atoms. The van der Waals surface area contributed by atoms with Crippen LogP contribution in [0.3, 0.4) is 0 Å². The van der Waals surface area contributed by atoms with Crippen LogP contribution in [-0.4, -0.2) is 71.9 Å². The van der Waals surface area contributed by atoms with Crippen molar-refractivity contribution in [2.45, 2.75) is 246 Å². The summed E-state index contributed by atoms with van der Waals surface area (Å²) in [5.41, 5.74) is 0. The Kier molecular flexibility index (Phi) is 46.2. The van der Waals surface area contributed by atoms with Crippen LogP contribution in [0.5, 0.6) is 0 Å². The maximum Gasteiger partial charge on any atom is 0.475 e. The van der Waals surface area contributed by atoms with Gasteiger partial charge in [0.15, 0.2) is 0 Å². The van der Waals surface area contributed by atoms with E-state index < -0.39 is 13.9 Å². The average Bonchev–Trinajstić information content (AvgIpc) is 3.28. The summed E-state index contributed by atoms with van der Waals surface area (Å²) in [4.78, 5) is 46.0. The normalized spacial score (nSPS) is 14.1. The zero-order valence-corrected chi connectivity index (χ0v) is 43.4. The number of ether oxygens (including phenoxy) is 2. The molecule has 0 aliphatic heterocycles. The first-order valence-electron chi connectivity index (χ1n) is 26.4. The molecule has 0 amide bonds. The van der Waals surface area contributed by atoms with E-state index in [-0.39, 0.29) is 56.1 Å². The molecule has 0 aromatic heterocycles. The number of carbonyl (C=O) groups is 2. The van der Waals surface area contributed by atoms with Gasteiger partial charge in [0.2, 0.25) is 0 Å². The van der Waals surface area contributed by atoms with Crippen molar-refractivity contribution >= 4 is 19.8 Å². The molecule has 0 heterocycles. The third-order valence-corrected chi connectivity index (χ3v) is 13.7. The molecular weight excluding hydrogens is 836 g/mol. The quantitative estimate of drug-likeness (QED) is 0.0189. The number of esters is 2. The fourth-order valence-corrected chi connectivity index (χ4v) is 9.29. The minimum atomic E-state index is -3.96. The molecule has 0 radical (unpaired) electrons. The summed E-state index contributed by atoms with van der Waals surface area (Å²) < 4.78 is 43.3. The third-order valence-electron chi connectivity index (χ3n) is 12.1. The molecule has 13 heteroatoms. The number of hydrogen-bond acceptors (Lipinski definition) is 12. The van der Waals surface area contributed by atoms with Crippen molar-refractivity contribution in [3.8, 4) is 0 Å². The van der Waals surface area contributed by atoms with Crippen molar-refractivity contribution in [3.05, 3.63) is 0 Å². The van der Waals surface area contributed by atoms with Gasteiger partial charge in [0.25, 0.3) is 0 Å². The zero-order valence-electron chi connectivity index (χ0n) is 42.5. The van der Waals surface area contributed by atoms with Gasteiger partial charge >= 0.3 is 19.8 Å². The molecule has 0 saturated carbocycles. The van der Waals surface area contributed by atoms with Gasteiger partial charge in [0, 0.05) is 5.92 Å². The molecule has 0 saturated heterocycles. The minimum Gasteiger partial charge on any atom is -0.465 e. The highest BCUT2D eigenvalue weighted by Crippen LogP contribution is 2.51. The molecule has 0 aromatic carbocycles. The maximum atomic E-state index is 14.0. The van der Waals surface area contributed by atoms with E-state index in [4.69, 9.17) is 42.6 Å². The zero-order chi connectivity index (χ0) is 47.2. The van der Waals surface area contributed by atoms with Crippen LogP contribution >= 0.6 is 7.82 Å². The van der Waals surface area contributed by atoms with Crippen LogP contribution in [0.25, 0.3) is 0 Å². The van der Waals surface area contributed by atoms with Gasteiger partial charge < -0.3 is 9.47 Å². The molecule has 0 aliphatic rings. The highest BCUT2D eigenvalue weighted by molar-refractivity contribution is 7.48. The van der Waals surface area contributed by atoms with Crippen molar-refractivity contribution in [2.75, 3.05) is 53.9 Å². The number of carbonyl (C=O) groups excluding carboxylic acids is 2. The van der Waals surface area contributed by atoms with Gasteiger partial charge in [-0.2, -0.15) is 0 Å². The van der Waals surface area contributed by atoms with Crippen molar-refractivity contribution in [1.29, 1.82) is 0 Å². The summed E-state index contributed by atoms with van der Waals surface area (Å²) >= 11 is 0.